The molecule has 1 aliphatic heterocycles. The van der Waals surface area contributed by atoms with Gasteiger partial charge in [-0.2, -0.15) is 30.7 Å². The average molecular weight is 421 g/mol. The quantitative estimate of drug-likeness (QED) is 0.538. The SMILES string of the molecule is O=C(c1cccnc1F)N1CCN(c2cc(C(F)(F)F)cc(C(F)(F)F)c2)CC1. The maximum absolute atomic E-state index is 13.7. The summed E-state index contributed by atoms with van der Waals surface area (Å²) in [5, 5.41) is 0. The molecule has 156 valence electrons. The monoisotopic (exact) mass is 421 g/mol. The van der Waals surface area contributed by atoms with Crippen LogP contribution in [-0.4, -0.2) is 42.0 Å². The Balaban J connectivity index is 1.80. The topological polar surface area (TPSA) is 36.4 Å². The second kappa shape index (κ2) is 7.53. The third-order valence-electron chi connectivity index (χ3n) is 4.49. The van der Waals surface area contributed by atoms with Crippen LogP contribution in [-0.2, 0) is 12.4 Å². The molecule has 1 amide bonds. The molecule has 1 aromatic heterocycles. The fourth-order valence-corrected chi connectivity index (χ4v) is 3.00. The van der Waals surface area contributed by atoms with Crippen molar-refractivity contribution >= 4 is 11.6 Å². The molecule has 0 spiro atoms. The zero-order chi connectivity index (χ0) is 21.4. The molecular weight excluding hydrogens is 407 g/mol. The molecule has 2 heterocycles. The number of rotatable bonds is 2. The zero-order valence-electron chi connectivity index (χ0n) is 14.7. The van der Waals surface area contributed by atoms with Gasteiger partial charge in [0, 0.05) is 38.1 Å². The van der Waals surface area contributed by atoms with Crippen LogP contribution in [0, 0.1) is 5.95 Å². The third kappa shape index (κ3) is 4.60. The fraction of sp³-hybridized carbons (Fsp3) is 0.333. The molecule has 0 N–H and O–H groups in total. The van der Waals surface area contributed by atoms with Gasteiger partial charge in [0.25, 0.3) is 5.91 Å². The van der Waals surface area contributed by atoms with Crippen LogP contribution in [0.4, 0.5) is 36.4 Å². The van der Waals surface area contributed by atoms with Gasteiger partial charge < -0.3 is 9.80 Å². The highest BCUT2D eigenvalue weighted by molar-refractivity contribution is 5.94. The Morgan fingerprint density at radius 2 is 1.45 bits per heavy atom. The Kier molecular flexibility index (Phi) is 5.42. The van der Waals surface area contributed by atoms with Crippen molar-refractivity contribution in [3.63, 3.8) is 0 Å². The Morgan fingerprint density at radius 1 is 0.897 bits per heavy atom. The van der Waals surface area contributed by atoms with Crippen LogP contribution in [0.15, 0.2) is 36.5 Å². The van der Waals surface area contributed by atoms with E-state index < -0.39 is 35.3 Å². The minimum atomic E-state index is -4.94. The third-order valence-corrected chi connectivity index (χ3v) is 4.49. The first kappa shape index (κ1) is 20.9. The van der Waals surface area contributed by atoms with Crippen molar-refractivity contribution in [2.75, 3.05) is 31.1 Å². The number of alkyl halides is 6. The number of nitrogens with zero attached hydrogens (tertiary/aromatic N) is 3. The minimum absolute atomic E-state index is 0.00473. The van der Waals surface area contributed by atoms with Gasteiger partial charge in [0.05, 0.1) is 16.7 Å². The molecule has 0 unspecified atom stereocenters. The number of piperazine rings is 1. The van der Waals surface area contributed by atoms with Crippen molar-refractivity contribution in [1.29, 1.82) is 0 Å². The first-order chi connectivity index (χ1) is 13.5. The molecule has 0 atom stereocenters. The standard InChI is InChI=1S/C18H14F7N3O/c19-15-14(2-1-3-26-15)16(29)28-6-4-27(5-7-28)13-9-11(17(20,21)22)8-12(10-13)18(23,24)25/h1-3,8-10H,4-7H2. The van der Waals surface area contributed by atoms with Gasteiger partial charge >= 0.3 is 12.4 Å². The van der Waals surface area contributed by atoms with Crippen LogP contribution >= 0.6 is 0 Å². The first-order valence-electron chi connectivity index (χ1n) is 8.41. The maximum atomic E-state index is 13.7. The predicted molar refractivity (Wildman–Crippen MR) is 88.8 cm³/mol. The van der Waals surface area contributed by atoms with Crippen LogP contribution in [0.1, 0.15) is 21.5 Å². The summed E-state index contributed by atoms with van der Waals surface area (Å²) in [4.78, 5) is 18.4. The van der Waals surface area contributed by atoms with Crippen molar-refractivity contribution in [3.8, 4) is 0 Å². The number of aromatic nitrogens is 1. The van der Waals surface area contributed by atoms with Crippen LogP contribution in [0.2, 0.25) is 0 Å². The lowest BCUT2D eigenvalue weighted by molar-refractivity contribution is -0.143. The van der Waals surface area contributed by atoms with Gasteiger partial charge in [-0.25, -0.2) is 4.98 Å². The number of benzene rings is 1. The molecule has 1 fully saturated rings. The largest absolute Gasteiger partial charge is 0.416 e. The lowest BCUT2D eigenvalue weighted by Gasteiger charge is -2.36. The highest BCUT2D eigenvalue weighted by Crippen LogP contribution is 2.38. The molecular formula is C18H14F7N3O. The first-order valence-corrected chi connectivity index (χ1v) is 8.41. The number of amides is 1. The van der Waals surface area contributed by atoms with Gasteiger partial charge in [-0.05, 0) is 30.3 Å². The number of halogens is 7. The number of hydrogen-bond donors (Lipinski definition) is 0. The van der Waals surface area contributed by atoms with Gasteiger partial charge in [0.2, 0.25) is 5.95 Å². The van der Waals surface area contributed by atoms with Crippen molar-refractivity contribution in [1.82, 2.24) is 9.88 Å². The van der Waals surface area contributed by atoms with E-state index in [1.54, 1.807) is 0 Å². The Morgan fingerprint density at radius 3 is 1.93 bits per heavy atom. The summed E-state index contributed by atoms with van der Waals surface area (Å²) >= 11 is 0. The van der Waals surface area contributed by atoms with E-state index in [0.29, 0.717) is 12.1 Å². The molecule has 1 aromatic carbocycles. The van der Waals surface area contributed by atoms with Crippen molar-refractivity contribution in [2.45, 2.75) is 12.4 Å². The van der Waals surface area contributed by atoms with Crippen LogP contribution in [0.25, 0.3) is 0 Å². The summed E-state index contributed by atoms with van der Waals surface area (Å²) in [5.74, 6) is -1.59. The molecule has 0 radical (unpaired) electrons. The van der Waals surface area contributed by atoms with E-state index in [1.807, 2.05) is 0 Å². The fourth-order valence-electron chi connectivity index (χ4n) is 3.00. The molecule has 0 bridgehead atoms. The average Bonchev–Trinajstić information content (AvgIpc) is 2.66. The summed E-state index contributed by atoms with van der Waals surface area (Å²) in [6.45, 7) is -0.00597. The van der Waals surface area contributed by atoms with Crippen LogP contribution in [0.3, 0.4) is 0 Å². The Labute approximate surface area is 160 Å². The van der Waals surface area contributed by atoms with Gasteiger partial charge in [0.1, 0.15) is 0 Å². The van der Waals surface area contributed by atoms with E-state index in [9.17, 15) is 35.5 Å². The van der Waals surface area contributed by atoms with Crippen molar-refractivity contribution in [2.24, 2.45) is 0 Å². The zero-order valence-corrected chi connectivity index (χ0v) is 14.7. The Hall–Kier alpha value is -2.85. The molecule has 3 rings (SSSR count). The molecule has 29 heavy (non-hydrogen) atoms. The number of anilines is 1. The van der Waals surface area contributed by atoms with Crippen molar-refractivity contribution < 1.29 is 35.5 Å². The molecule has 0 aliphatic carbocycles. The van der Waals surface area contributed by atoms with E-state index in [2.05, 4.69) is 4.98 Å². The number of carbonyl (C=O) groups excluding carboxylic acids is 1. The Bertz CT molecular complexity index is 871. The highest BCUT2D eigenvalue weighted by Gasteiger charge is 2.37. The maximum Gasteiger partial charge on any atom is 0.416 e. The summed E-state index contributed by atoms with van der Waals surface area (Å²) in [5.41, 5.74) is -3.30. The minimum Gasteiger partial charge on any atom is -0.368 e. The molecule has 11 heteroatoms. The summed E-state index contributed by atoms with van der Waals surface area (Å²) < 4.78 is 91.8. The van der Waals surface area contributed by atoms with E-state index in [-0.39, 0.29) is 43.5 Å². The summed E-state index contributed by atoms with van der Waals surface area (Å²) in [6.07, 6.45) is -8.70. The van der Waals surface area contributed by atoms with Gasteiger partial charge in [0.15, 0.2) is 0 Å². The van der Waals surface area contributed by atoms with E-state index in [0.717, 1.165) is 0 Å². The van der Waals surface area contributed by atoms with Gasteiger partial charge in [-0.3, -0.25) is 4.79 Å². The van der Waals surface area contributed by atoms with Crippen molar-refractivity contribution in [3.05, 3.63) is 59.2 Å². The molecule has 1 aliphatic rings. The molecule has 4 nitrogen and oxygen atoms in total. The second-order valence-corrected chi connectivity index (χ2v) is 6.39. The molecule has 2 aromatic rings. The number of hydrogen-bond acceptors (Lipinski definition) is 3. The highest BCUT2D eigenvalue weighted by atomic mass is 19.4. The van der Waals surface area contributed by atoms with E-state index in [1.165, 1.54) is 28.1 Å². The lowest BCUT2D eigenvalue weighted by atomic mass is 10.1. The lowest BCUT2D eigenvalue weighted by Crippen LogP contribution is -2.49. The second-order valence-electron chi connectivity index (χ2n) is 6.39. The smallest absolute Gasteiger partial charge is 0.368 e. The normalized spacial score (nSPS) is 15.6. The summed E-state index contributed by atoms with van der Waals surface area (Å²) in [6, 6.07) is 3.99. The number of pyridine rings is 1. The van der Waals surface area contributed by atoms with Gasteiger partial charge in [-0.1, -0.05) is 0 Å². The predicted octanol–water partition coefficient (Wildman–Crippen LogP) is 4.22. The van der Waals surface area contributed by atoms with Gasteiger partial charge in [-0.15, -0.1) is 0 Å². The van der Waals surface area contributed by atoms with E-state index in [4.69, 9.17) is 0 Å². The molecule has 0 saturated carbocycles. The molecule has 1 saturated heterocycles. The van der Waals surface area contributed by atoms with Crippen LogP contribution < -0.4 is 4.90 Å². The van der Waals surface area contributed by atoms with E-state index >= 15 is 0 Å². The van der Waals surface area contributed by atoms with Crippen LogP contribution in [0.5, 0.6) is 0 Å². The summed E-state index contributed by atoms with van der Waals surface area (Å²) in [7, 11) is 0. The number of carbonyl (C=O) groups is 1.